The van der Waals surface area contributed by atoms with Crippen molar-refractivity contribution in [3.05, 3.63) is 59.7 Å². The van der Waals surface area contributed by atoms with Gasteiger partial charge in [-0.15, -0.1) is 0 Å². The number of amides is 1. The van der Waals surface area contributed by atoms with Crippen LogP contribution in [-0.4, -0.2) is 32.2 Å². The van der Waals surface area contributed by atoms with Gasteiger partial charge in [0.2, 0.25) is 0 Å². The fraction of sp³-hybridized carbons (Fsp3) is 0.350. The summed E-state index contributed by atoms with van der Waals surface area (Å²) in [5.41, 5.74) is 1.06. The molecule has 27 heavy (non-hydrogen) atoms. The van der Waals surface area contributed by atoms with Crippen LogP contribution >= 0.6 is 0 Å². The van der Waals surface area contributed by atoms with Crippen LogP contribution in [0.15, 0.2) is 48.5 Å². The van der Waals surface area contributed by atoms with Crippen molar-refractivity contribution in [3.8, 4) is 0 Å². The first-order valence-corrected chi connectivity index (χ1v) is 8.73. The number of nitrogens with one attached hydrogen (secondary N) is 1. The lowest BCUT2D eigenvalue weighted by Crippen LogP contribution is -2.36. The van der Waals surface area contributed by atoms with Crippen LogP contribution in [0.25, 0.3) is 0 Å². The third-order valence-corrected chi connectivity index (χ3v) is 4.74. The molecule has 0 saturated carbocycles. The van der Waals surface area contributed by atoms with Gasteiger partial charge in [-0.1, -0.05) is 0 Å². The number of benzene rings is 2. The minimum atomic E-state index is -4.41. The van der Waals surface area contributed by atoms with Gasteiger partial charge in [-0.05, 0) is 61.4 Å². The van der Waals surface area contributed by atoms with Gasteiger partial charge in [0.15, 0.2) is 0 Å². The second kappa shape index (κ2) is 8.00. The lowest BCUT2D eigenvalue weighted by molar-refractivity contribution is -0.137. The molecule has 1 fully saturated rings. The van der Waals surface area contributed by atoms with E-state index in [-0.39, 0.29) is 5.56 Å². The van der Waals surface area contributed by atoms with Crippen molar-refractivity contribution in [1.82, 2.24) is 0 Å². The third-order valence-electron chi connectivity index (χ3n) is 4.74. The number of piperidine rings is 1. The van der Waals surface area contributed by atoms with Crippen LogP contribution in [-0.2, 0) is 10.9 Å². The summed E-state index contributed by atoms with van der Waals surface area (Å²) in [4.78, 5) is 14.5. The van der Waals surface area contributed by atoms with Gasteiger partial charge in [-0.3, -0.25) is 4.79 Å². The van der Waals surface area contributed by atoms with Gasteiger partial charge >= 0.3 is 6.18 Å². The van der Waals surface area contributed by atoms with Gasteiger partial charge in [-0.25, -0.2) is 0 Å². The predicted molar refractivity (Wildman–Crippen MR) is 98.1 cm³/mol. The zero-order chi connectivity index (χ0) is 19.4. The number of anilines is 2. The van der Waals surface area contributed by atoms with E-state index in [0.717, 1.165) is 43.8 Å². The maximum absolute atomic E-state index is 12.6. The molecule has 1 amide bonds. The van der Waals surface area contributed by atoms with Crippen molar-refractivity contribution in [2.45, 2.75) is 25.1 Å². The molecular formula is C20H21F3N2O2. The summed E-state index contributed by atoms with van der Waals surface area (Å²) < 4.78 is 43.1. The largest absolute Gasteiger partial charge is 0.416 e. The Labute approximate surface area is 155 Å². The number of rotatable bonds is 4. The van der Waals surface area contributed by atoms with E-state index in [1.807, 2.05) is 12.1 Å². The lowest BCUT2D eigenvalue weighted by atomic mass is 10.1. The Bertz CT molecular complexity index is 765. The normalized spacial score (nSPS) is 15.6. The summed E-state index contributed by atoms with van der Waals surface area (Å²) in [6, 6.07) is 11.6. The lowest BCUT2D eigenvalue weighted by Gasteiger charge is -2.33. The van der Waals surface area contributed by atoms with E-state index >= 15 is 0 Å². The Kier molecular flexibility index (Phi) is 5.70. The zero-order valence-electron chi connectivity index (χ0n) is 14.9. The molecule has 0 radical (unpaired) electrons. The van der Waals surface area contributed by atoms with Gasteiger partial charge < -0.3 is 15.0 Å². The van der Waals surface area contributed by atoms with Gasteiger partial charge in [0.25, 0.3) is 5.91 Å². The van der Waals surface area contributed by atoms with E-state index in [4.69, 9.17) is 4.74 Å². The number of carbonyl (C=O) groups excluding carboxylic acids is 1. The highest BCUT2D eigenvalue weighted by Crippen LogP contribution is 2.29. The molecule has 0 spiro atoms. The second-order valence-electron chi connectivity index (χ2n) is 6.50. The van der Waals surface area contributed by atoms with Gasteiger partial charge in [0.05, 0.1) is 11.7 Å². The van der Waals surface area contributed by atoms with E-state index in [0.29, 0.717) is 11.8 Å². The number of hydrogen-bond acceptors (Lipinski definition) is 3. The minimum Gasteiger partial charge on any atom is -0.381 e. The predicted octanol–water partition coefficient (Wildman–Crippen LogP) is 4.57. The van der Waals surface area contributed by atoms with E-state index in [1.54, 1.807) is 19.2 Å². The molecule has 4 nitrogen and oxygen atoms in total. The summed E-state index contributed by atoms with van der Waals surface area (Å²) in [5, 5.41) is 2.70. The third kappa shape index (κ3) is 4.80. The summed E-state index contributed by atoms with van der Waals surface area (Å²) in [6.45, 7) is 1.82. The molecule has 0 atom stereocenters. The molecule has 1 aliphatic heterocycles. The molecule has 0 aromatic heterocycles. The molecule has 0 bridgehead atoms. The number of hydrogen-bond donors (Lipinski definition) is 1. The number of nitrogens with zero attached hydrogens (tertiary/aromatic N) is 1. The quantitative estimate of drug-likeness (QED) is 0.847. The molecule has 1 aliphatic rings. The fourth-order valence-electron chi connectivity index (χ4n) is 3.12. The van der Waals surface area contributed by atoms with Gasteiger partial charge in [0.1, 0.15) is 0 Å². The van der Waals surface area contributed by atoms with Crippen LogP contribution in [0.5, 0.6) is 0 Å². The molecule has 2 aromatic carbocycles. The molecule has 144 valence electrons. The van der Waals surface area contributed by atoms with Crippen LogP contribution < -0.4 is 10.2 Å². The standard InChI is InChI=1S/C20H21F3N2O2/c1-27-18-10-12-25(13-11-18)17-8-6-16(7-9-17)24-19(26)14-2-4-15(5-3-14)20(21,22)23/h2-9,18H,10-13H2,1H3,(H,24,26). The SMILES string of the molecule is COC1CCN(c2ccc(NC(=O)c3ccc(C(F)(F)F)cc3)cc2)CC1. The number of halogens is 3. The monoisotopic (exact) mass is 378 g/mol. The van der Waals surface area contributed by atoms with Crippen LogP contribution in [0.1, 0.15) is 28.8 Å². The molecule has 2 aromatic rings. The summed E-state index contributed by atoms with van der Waals surface area (Å²) >= 11 is 0. The first-order valence-electron chi connectivity index (χ1n) is 8.73. The molecular weight excluding hydrogens is 357 g/mol. The minimum absolute atomic E-state index is 0.175. The maximum Gasteiger partial charge on any atom is 0.416 e. The molecule has 3 rings (SSSR count). The molecule has 7 heteroatoms. The van der Waals surface area contributed by atoms with E-state index in [9.17, 15) is 18.0 Å². The molecule has 1 N–H and O–H groups in total. The topological polar surface area (TPSA) is 41.6 Å². The van der Waals surface area contributed by atoms with Crippen LogP contribution in [0.4, 0.5) is 24.5 Å². The number of carbonyl (C=O) groups is 1. The van der Waals surface area contributed by atoms with Crippen LogP contribution in [0.2, 0.25) is 0 Å². The summed E-state index contributed by atoms with van der Waals surface area (Å²) in [7, 11) is 1.73. The van der Waals surface area contributed by atoms with Crippen molar-refractivity contribution >= 4 is 17.3 Å². The fourth-order valence-corrected chi connectivity index (χ4v) is 3.12. The zero-order valence-corrected chi connectivity index (χ0v) is 14.9. The van der Waals surface area contributed by atoms with E-state index in [1.165, 1.54) is 12.1 Å². The number of ether oxygens (including phenoxy) is 1. The van der Waals surface area contributed by atoms with Crippen molar-refractivity contribution < 1.29 is 22.7 Å². The van der Waals surface area contributed by atoms with Crippen molar-refractivity contribution in [1.29, 1.82) is 0 Å². The number of methoxy groups -OCH3 is 1. The first kappa shape index (κ1) is 19.2. The smallest absolute Gasteiger partial charge is 0.381 e. The highest BCUT2D eigenvalue weighted by molar-refractivity contribution is 6.04. The van der Waals surface area contributed by atoms with Crippen molar-refractivity contribution in [2.75, 3.05) is 30.4 Å². The van der Waals surface area contributed by atoms with Crippen LogP contribution in [0, 0.1) is 0 Å². The van der Waals surface area contributed by atoms with Gasteiger partial charge in [-0.2, -0.15) is 13.2 Å². The Hall–Kier alpha value is -2.54. The average molecular weight is 378 g/mol. The summed E-state index contributed by atoms with van der Waals surface area (Å²) in [5.74, 6) is -0.447. The second-order valence-corrected chi connectivity index (χ2v) is 6.50. The Morgan fingerprint density at radius 2 is 1.63 bits per heavy atom. The van der Waals surface area contributed by atoms with Gasteiger partial charge in [0, 0.05) is 37.1 Å². The first-order chi connectivity index (χ1) is 12.9. The Balaban J connectivity index is 1.60. The molecule has 0 aliphatic carbocycles. The van der Waals surface area contributed by atoms with E-state index in [2.05, 4.69) is 10.2 Å². The number of alkyl halides is 3. The maximum atomic E-state index is 12.6. The highest BCUT2D eigenvalue weighted by atomic mass is 19.4. The Morgan fingerprint density at radius 1 is 1.04 bits per heavy atom. The average Bonchev–Trinajstić information content (AvgIpc) is 2.68. The molecule has 0 unspecified atom stereocenters. The van der Waals surface area contributed by atoms with Crippen molar-refractivity contribution in [2.24, 2.45) is 0 Å². The summed E-state index contributed by atoms with van der Waals surface area (Å²) in [6.07, 6.45) is -2.16. The highest BCUT2D eigenvalue weighted by Gasteiger charge is 2.30. The van der Waals surface area contributed by atoms with Crippen molar-refractivity contribution in [3.63, 3.8) is 0 Å². The molecule has 1 heterocycles. The molecule has 1 saturated heterocycles. The van der Waals surface area contributed by atoms with E-state index < -0.39 is 17.6 Å². The Morgan fingerprint density at radius 3 is 2.15 bits per heavy atom. The van der Waals surface area contributed by atoms with Crippen LogP contribution in [0.3, 0.4) is 0 Å².